The normalized spacial score (nSPS) is 23.3. The lowest BCUT2D eigenvalue weighted by Crippen LogP contribution is -2.39. The molecule has 114 valence electrons. The minimum absolute atomic E-state index is 0.327. The molecule has 1 unspecified atom stereocenters. The molecule has 0 bridgehead atoms. The van der Waals surface area contributed by atoms with Crippen molar-refractivity contribution in [3.05, 3.63) is 35.9 Å². The Balaban J connectivity index is 0.000000956. The number of ether oxygens (including phenoxy) is 1. The Hall–Kier alpha value is -0.860. The molecule has 20 heavy (non-hydrogen) atoms. The van der Waals surface area contributed by atoms with Crippen molar-refractivity contribution in [2.75, 3.05) is 26.7 Å². The number of rotatable bonds is 4. The summed E-state index contributed by atoms with van der Waals surface area (Å²) in [6.45, 7) is 11.4. The van der Waals surface area contributed by atoms with Crippen LogP contribution in [-0.4, -0.2) is 37.7 Å². The highest BCUT2D eigenvalue weighted by Gasteiger charge is 2.29. The Morgan fingerprint density at radius 3 is 2.45 bits per heavy atom. The molecular weight excluding hydrogens is 246 g/mol. The molecule has 0 spiro atoms. The van der Waals surface area contributed by atoms with E-state index in [1.165, 1.54) is 18.5 Å². The maximum Gasteiger partial charge on any atom is 0.0519 e. The van der Waals surface area contributed by atoms with Crippen molar-refractivity contribution < 1.29 is 4.74 Å². The Morgan fingerprint density at radius 1 is 1.20 bits per heavy atom. The first-order valence-corrected chi connectivity index (χ1v) is 8.02. The third kappa shape index (κ3) is 5.26. The topological polar surface area (TPSA) is 12.5 Å². The van der Waals surface area contributed by atoms with E-state index >= 15 is 0 Å². The minimum Gasteiger partial charge on any atom is -0.378 e. The van der Waals surface area contributed by atoms with Crippen LogP contribution in [0.3, 0.4) is 0 Å². The maximum atomic E-state index is 5.85. The molecule has 2 rings (SSSR count). The molecular formula is C18H31NO. The van der Waals surface area contributed by atoms with Gasteiger partial charge < -0.3 is 9.64 Å². The first-order valence-electron chi connectivity index (χ1n) is 8.02. The van der Waals surface area contributed by atoms with Gasteiger partial charge >= 0.3 is 0 Å². The molecule has 0 aliphatic carbocycles. The van der Waals surface area contributed by atoms with Gasteiger partial charge in [0.2, 0.25) is 0 Å². The molecule has 0 aromatic heterocycles. The number of piperidine rings is 1. The molecule has 1 aromatic carbocycles. The molecule has 1 heterocycles. The van der Waals surface area contributed by atoms with E-state index in [9.17, 15) is 0 Å². The Morgan fingerprint density at radius 2 is 1.85 bits per heavy atom. The van der Waals surface area contributed by atoms with Crippen molar-refractivity contribution in [1.82, 2.24) is 4.90 Å². The molecule has 1 saturated heterocycles. The van der Waals surface area contributed by atoms with Gasteiger partial charge in [0.05, 0.1) is 12.7 Å². The van der Waals surface area contributed by atoms with Crippen molar-refractivity contribution in [1.29, 1.82) is 0 Å². The summed E-state index contributed by atoms with van der Waals surface area (Å²) in [5.74, 6) is 1.27. The van der Waals surface area contributed by atoms with E-state index in [1.807, 2.05) is 13.8 Å². The van der Waals surface area contributed by atoms with Crippen LogP contribution < -0.4 is 0 Å². The Kier molecular flexibility index (Phi) is 7.86. The van der Waals surface area contributed by atoms with Gasteiger partial charge in [-0.1, -0.05) is 44.2 Å². The zero-order valence-corrected chi connectivity index (χ0v) is 13.8. The fourth-order valence-corrected chi connectivity index (χ4v) is 2.84. The fourth-order valence-electron chi connectivity index (χ4n) is 2.84. The number of nitrogens with zero attached hydrogens (tertiary/aromatic N) is 1. The van der Waals surface area contributed by atoms with E-state index in [1.54, 1.807) is 0 Å². The smallest absolute Gasteiger partial charge is 0.0519 e. The van der Waals surface area contributed by atoms with Crippen LogP contribution in [0.5, 0.6) is 0 Å². The molecule has 1 aliphatic heterocycles. The second kappa shape index (κ2) is 9.15. The third-order valence-corrected chi connectivity index (χ3v) is 3.81. The lowest BCUT2D eigenvalue weighted by molar-refractivity contribution is 0.0220. The van der Waals surface area contributed by atoms with E-state index in [2.05, 4.69) is 56.1 Å². The number of hydrogen-bond acceptors (Lipinski definition) is 2. The Labute approximate surface area is 125 Å². The van der Waals surface area contributed by atoms with Crippen LogP contribution in [0.2, 0.25) is 0 Å². The van der Waals surface area contributed by atoms with E-state index in [4.69, 9.17) is 4.74 Å². The fraction of sp³-hybridized carbons (Fsp3) is 0.667. The summed E-state index contributed by atoms with van der Waals surface area (Å²) in [6, 6.07) is 10.9. The van der Waals surface area contributed by atoms with Gasteiger partial charge in [-0.15, -0.1) is 0 Å². The lowest BCUT2D eigenvalue weighted by Gasteiger charge is -2.37. The summed E-state index contributed by atoms with van der Waals surface area (Å²) in [5.41, 5.74) is 1.47. The predicted octanol–water partition coefficient (Wildman–Crippen LogP) is 4.17. The number of benzene rings is 1. The largest absolute Gasteiger partial charge is 0.378 e. The molecule has 0 saturated carbocycles. The lowest BCUT2D eigenvalue weighted by atomic mass is 9.81. The summed E-state index contributed by atoms with van der Waals surface area (Å²) in [4.78, 5) is 2.42. The molecule has 0 N–H and O–H groups in total. The van der Waals surface area contributed by atoms with Crippen molar-refractivity contribution in [3.8, 4) is 0 Å². The van der Waals surface area contributed by atoms with Gasteiger partial charge in [0, 0.05) is 12.5 Å². The first-order chi connectivity index (χ1) is 9.66. The van der Waals surface area contributed by atoms with Gasteiger partial charge in [0.15, 0.2) is 0 Å². The van der Waals surface area contributed by atoms with Crippen LogP contribution in [-0.2, 0) is 4.74 Å². The molecule has 2 atom stereocenters. The van der Waals surface area contributed by atoms with Crippen molar-refractivity contribution in [3.63, 3.8) is 0 Å². The monoisotopic (exact) mass is 277 g/mol. The zero-order valence-electron chi connectivity index (χ0n) is 13.8. The molecule has 0 amide bonds. The van der Waals surface area contributed by atoms with E-state index < -0.39 is 0 Å². The highest BCUT2D eigenvalue weighted by Crippen LogP contribution is 2.32. The molecule has 2 heteroatoms. The average molecular weight is 277 g/mol. The summed E-state index contributed by atoms with van der Waals surface area (Å²) >= 11 is 0. The highest BCUT2D eigenvalue weighted by atomic mass is 16.5. The molecule has 0 radical (unpaired) electrons. The number of hydrogen-bond donors (Lipinski definition) is 0. The van der Waals surface area contributed by atoms with E-state index in [0.29, 0.717) is 17.9 Å². The SMILES string of the molecule is CC.CC(C)OCC1CN(C)CC[C@@H]1c1ccccc1. The van der Waals surface area contributed by atoms with Crippen molar-refractivity contribution >= 4 is 0 Å². The first kappa shape index (κ1) is 17.2. The highest BCUT2D eigenvalue weighted by molar-refractivity contribution is 5.21. The van der Waals surface area contributed by atoms with Crippen LogP contribution in [0.4, 0.5) is 0 Å². The van der Waals surface area contributed by atoms with Crippen molar-refractivity contribution in [2.24, 2.45) is 5.92 Å². The summed E-state index contributed by atoms with van der Waals surface area (Å²) in [6.07, 6.45) is 1.57. The van der Waals surface area contributed by atoms with Crippen molar-refractivity contribution in [2.45, 2.75) is 46.1 Å². The summed E-state index contributed by atoms with van der Waals surface area (Å²) in [5, 5.41) is 0. The maximum absolute atomic E-state index is 5.85. The summed E-state index contributed by atoms with van der Waals surface area (Å²) < 4.78 is 5.85. The number of likely N-dealkylation sites (tertiary alicyclic amines) is 1. The van der Waals surface area contributed by atoms with Gasteiger partial charge in [-0.05, 0) is 45.3 Å². The molecule has 1 aromatic rings. The second-order valence-electron chi connectivity index (χ2n) is 5.71. The standard InChI is InChI=1S/C16H25NO.C2H6/c1-13(2)18-12-15-11-17(3)10-9-16(15)14-7-5-4-6-8-14;1-2/h4-8,13,15-16H,9-12H2,1-3H3;1-2H3/t15?,16-;/m1./s1. The zero-order chi connectivity index (χ0) is 15.0. The quantitative estimate of drug-likeness (QED) is 0.819. The van der Waals surface area contributed by atoms with Gasteiger partial charge in [-0.3, -0.25) is 0 Å². The van der Waals surface area contributed by atoms with Crippen LogP contribution in [0.1, 0.15) is 45.6 Å². The third-order valence-electron chi connectivity index (χ3n) is 3.81. The van der Waals surface area contributed by atoms with Crippen LogP contribution in [0, 0.1) is 5.92 Å². The molecule has 1 fully saturated rings. The van der Waals surface area contributed by atoms with Gasteiger partial charge in [0.1, 0.15) is 0 Å². The van der Waals surface area contributed by atoms with Gasteiger partial charge in [-0.2, -0.15) is 0 Å². The minimum atomic E-state index is 0.327. The van der Waals surface area contributed by atoms with Gasteiger partial charge in [0.25, 0.3) is 0 Å². The molecule has 2 nitrogen and oxygen atoms in total. The molecule has 1 aliphatic rings. The van der Waals surface area contributed by atoms with Gasteiger partial charge in [-0.25, -0.2) is 0 Å². The average Bonchev–Trinajstić information content (AvgIpc) is 2.48. The van der Waals surface area contributed by atoms with E-state index in [-0.39, 0.29) is 0 Å². The predicted molar refractivity (Wildman–Crippen MR) is 87.2 cm³/mol. The van der Waals surface area contributed by atoms with Crippen LogP contribution in [0.15, 0.2) is 30.3 Å². The Bertz CT molecular complexity index is 350. The van der Waals surface area contributed by atoms with Crippen LogP contribution in [0.25, 0.3) is 0 Å². The second-order valence-corrected chi connectivity index (χ2v) is 5.71. The van der Waals surface area contributed by atoms with E-state index in [0.717, 1.165) is 13.2 Å². The van der Waals surface area contributed by atoms with Crippen LogP contribution >= 0.6 is 0 Å². The summed E-state index contributed by atoms with van der Waals surface area (Å²) in [7, 11) is 2.21.